The molecule has 0 N–H and O–H groups in total. The van der Waals surface area contributed by atoms with Crippen LogP contribution in [0.3, 0.4) is 0 Å². The number of rotatable bonds is 5. The van der Waals surface area contributed by atoms with Crippen LogP contribution >= 0.6 is 0 Å². The van der Waals surface area contributed by atoms with Crippen molar-refractivity contribution in [3.63, 3.8) is 0 Å². The van der Waals surface area contributed by atoms with Crippen LogP contribution in [0.4, 0.5) is 0 Å². The van der Waals surface area contributed by atoms with E-state index < -0.39 is 11.9 Å². The molecule has 1 saturated heterocycles. The SMILES string of the molecule is O=C([O-])[C@@H]1CC(=O)N(CCOc2ccccc2)C1. The number of hydrogen-bond acceptors (Lipinski definition) is 4. The number of hydrogen-bond donors (Lipinski definition) is 0. The van der Waals surface area contributed by atoms with Crippen LogP contribution in [-0.2, 0) is 9.59 Å². The molecule has 0 saturated carbocycles. The van der Waals surface area contributed by atoms with Gasteiger partial charge in [0.25, 0.3) is 0 Å². The molecule has 18 heavy (non-hydrogen) atoms. The second-order valence-electron chi connectivity index (χ2n) is 4.22. The van der Waals surface area contributed by atoms with E-state index in [2.05, 4.69) is 0 Å². The number of amides is 1. The van der Waals surface area contributed by atoms with Crippen molar-refractivity contribution < 1.29 is 19.4 Å². The van der Waals surface area contributed by atoms with E-state index in [-0.39, 0.29) is 18.9 Å². The van der Waals surface area contributed by atoms with E-state index >= 15 is 0 Å². The molecule has 1 aromatic carbocycles. The van der Waals surface area contributed by atoms with Gasteiger partial charge in [-0.3, -0.25) is 4.79 Å². The Morgan fingerprint density at radius 1 is 1.39 bits per heavy atom. The van der Waals surface area contributed by atoms with Crippen LogP contribution in [0.2, 0.25) is 0 Å². The summed E-state index contributed by atoms with van der Waals surface area (Å²) in [6.45, 7) is 0.979. The summed E-state index contributed by atoms with van der Waals surface area (Å²) in [6, 6.07) is 9.28. The Balaban J connectivity index is 1.78. The van der Waals surface area contributed by atoms with Gasteiger partial charge in [0, 0.05) is 24.9 Å². The Morgan fingerprint density at radius 3 is 2.72 bits per heavy atom. The lowest BCUT2D eigenvalue weighted by Gasteiger charge is -2.17. The van der Waals surface area contributed by atoms with Crippen LogP contribution in [0.5, 0.6) is 5.75 Å². The second kappa shape index (κ2) is 5.53. The van der Waals surface area contributed by atoms with E-state index in [0.29, 0.717) is 13.2 Å². The molecule has 2 rings (SSSR count). The maximum absolute atomic E-state index is 11.5. The lowest BCUT2D eigenvalue weighted by Crippen LogP contribution is -2.34. The third-order valence-electron chi connectivity index (χ3n) is 2.92. The normalized spacial score (nSPS) is 19.0. The van der Waals surface area contributed by atoms with Crippen LogP contribution in [-0.4, -0.2) is 36.5 Å². The molecular formula is C13H14NO4-. The van der Waals surface area contributed by atoms with Gasteiger partial charge < -0.3 is 19.5 Å². The first-order valence-electron chi connectivity index (χ1n) is 5.83. The van der Waals surface area contributed by atoms with Crippen LogP contribution in [0.15, 0.2) is 30.3 Å². The van der Waals surface area contributed by atoms with Crippen molar-refractivity contribution in [2.75, 3.05) is 19.7 Å². The van der Waals surface area contributed by atoms with Crippen LogP contribution in [0, 0.1) is 5.92 Å². The quantitative estimate of drug-likeness (QED) is 0.715. The smallest absolute Gasteiger partial charge is 0.223 e. The van der Waals surface area contributed by atoms with Gasteiger partial charge in [0.15, 0.2) is 0 Å². The predicted octanol–water partition coefficient (Wildman–Crippen LogP) is -0.336. The maximum atomic E-state index is 11.5. The van der Waals surface area contributed by atoms with Gasteiger partial charge in [-0.15, -0.1) is 0 Å². The zero-order valence-electron chi connectivity index (χ0n) is 9.87. The lowest BCUT2D eigenvalue weighted by atomic mass is 10.1. The summed E-state index contributed by atoms with van der Waals surface area (Å²) in [6.07, 6.45) is 0.0354. The molecule has 5 heteroatoms. The largest absolute Gasteiger partial charge is 0.550 e. The number of nitrogens with zero attached hydrogens (tertiary/aromatic N) is 1. The zero-order chi connectivity index (χ0) is 13.0. The fourth-order valence-electron chi connectivity index (χ4n) is 1.94. The molecule has 1 aromatic rings. The molecule has 0 radical (unpaired) electrons. The van der Waals surface area contributed by atoms with Gasteiger partial charge in [-0.1, -0.05) is 18.2 Å². The molecule has 0 unspecified atom stereocenters. The molecule has 1 aliphatic rings. The fraction of sp³-hybridized carbons (Fsp3) is 0.385. The Kier molecular flexibility index (Phi) is 3.82. The number of likely N-dealkylation sites (tertiary alicyclic amines) is 1. The predicted molar refractivity (Wildman–Crippen MR) is 61.6 cm³/mol. The highest BCUT2D eigenvalue weighted by Gasteiger charge is 2.29. The van der Waals surface area contributed by atoms with E-state index in [9.17, 15) is 14.7 Å². The van der Waals surface area contributed by atoms with Gasteiger partial charge in [-0.25, -0.2) is 0 Å². The highest BCUT2D eigenvalue weighted by molar-refractivity contribution is 5.85. The summed E-state index contributed by atoms with van der Waals surface area (Å²) in [4.78, 5) is 23.7. The molecule has 1 fully saturated rings. The molecule has 0 bridgehead atoms. The molecule has 5 nitrogen and oxygen atoms in total. The molecule has 1 aliphatic heterocycles. The number of ether oxygens (including phenoxy) is 1. The van der Waals surface area contributed by atoms with Crippen molar-refractivity contribution in [2.24, 2.45) is 5.92 Å². The summed E-state index contributed by atoms with van der Waals surface area (Å²) < 4.78 is 5.46. The topological polar surface area (TPSA) is 69.7 Å². The third-order valence-corrected chi connectivity index (χ3v) is 2.92. The third kappa shape index (κ3) is 3.00. The Bertz CT molecular complexity index is 432. The first-order valence-corrected chi connectivity index (χ1v) is 5.83. The minimum atomic E-state index is -1.16. The number of para-hydroxylation sites is 1. The van der Waals surface area contributed by atoms with E-state index in [1.165, 1.54) is 4.90 Å². The van der Waals surface area contributed by atoms with Crippen molar-refractivity contribution in [3.05, 3.63) is 30.3 Å². The molecular weight excluding hydrogens is 234 g/mol. The fourth-order valence-corrected chi connectivity index (χ4v) is 1.94. The van der Waals surface area contributed by atoms with Crippen LogP contribution in [0.25, 0.3) is 0 Å². The molecule has 1 atom stereocenters. The Hall–Kier alpha value is -2.04. The summed E-state index contributed by atoms with van der Waals surface area (Å²) in [5.74, 6) is -1.26. The molecule has 1 amide bonds. The van der Waals surface area contributed by atoms with Crippen molar-refractivity contribution in [2.45, 2.75) is 6.42 Å². The second-order valence-corrected chi connectivity index (χ2v) is 4.22. The first kappa shape index (κ1) is 12.4. The highest BCUT2D eigenvalue weighted by Crippen LogP contribution is 2.17. The van der Waals surface area contributed by atoms with Gasteiger partial charge in [-0.2, -0.15) is 0 Å². The first-order chi connectivity index (χ1) is 8.66. The van der Waals surface area contributed by atoms with E-state index in [1.54, 1.807) is 0 Å². The Morgan fingerprint density at radius 2 is 2.11 bits per heavy atom. The minimum absolute atomic E-state index is 0.0354. The van der Waals surface area contributed by atoms with Gasteiger partial charge in [0.1, 0.15) is 12.4 Å². The van der Waals surface area contributed by atoms with Crippen LogP contribution in [0.1, 0.15) is 6.42 Å². The van der Waals surface area contributed by atoms with Crippen molar-refractivity contribution in [1.29, 1.82) is 0 Å². The highest BCUT2D eigenvalue weighted by atomic mass is 16.5. The van der Waals surface area contributed by atoms with Crippen molar-refractivity contribution in [3.8, 4) is 5.75 Å². The summed E-state index contributed by atoms with van der Waals surface area (Å²) in [7, 11) is 0. The average Bonchev–Trinajstić information content (AvgIpc) is 2.73. The Labute approximate surface area is 105 Å². The molecule has 0 spiro atoms. The van der Waals surface area contributed by atoms with Gasteiger partial charge in [-0.05, 0) is 12.1 Å². The number of benzene rings is 1. The van der Waals surface area contributed by atoms with Crippen molar-refractivity contribution >= 4 is 11.9 Å². The number of carbonyl (C=O) groups is 2. The summed E-state index contributed by atoms with van der Waals surface area (Å²) >= 11 is 0. The number of carbonyl (C=O) groups excluding carboxylic acids is 2. The standard InChI is InChI=1S/C13H15NO4/c15-12-8-10(13(16)17)9-14(12)6-7-18-11-4-2-1-3-5-11/h1-5,10H,6-9H2,(H,16,17)/p-1/t10-/m1/s1. The number of carboxylic acid groups (broad SMARTS) is 1. The van der Waals surface area contributed by atoms with Gasteiger partial charge in [0.05, 0.1) is 6.54 Å². The minimum Gasteiger partial charge on any atom is -0.550 e. The molecule has 0 aromatic heterocycles. The summed E-state index contributed by atoms with van der Waals surface area (Å²) in [5.41, 5.74) is 0. The molecule has 1 heterocycles. The number of aliphatic carboxylic acids is 1. The maximum Gasteiger partial charge on any atom is 0.223 e. The van der Waals surface area contributed by atoms with Crippen molar-refractivity contribution in [1.82, 2.24) is 4.90 Å². The molecule has 96 valence electrons. The van der Waals surface area contributed by atoms with Gasteiger partial charge >= 0.3 is 0 Å². The average molecular weight is 248 g/mol. The number of carboxylic acids is 1. The van der Waals surface area contributed by atoms with E-state index in [0.717, 1.165) is 5.75 Å². The monoisotopic (exact) mass is 248 g/mol. The summed E-state index contributed by atoms with van der Waals surface area (Å²) in [5, 5.41) is 10.7. The van der Waals surface area contributed by atoms with E-state index in [1.807, 2.05) is 30.3 Å². The van der Waals surface area contributed by atoms with Crippen LogP contribution < -0.4 is 9.84 Å². The van der Waals surface area contributed by atoms with E-state index in [4.69, 9.17) is 4.74 Å². The van der Waals surface area contributed by atoms with Gasteiger partial charge in [0.2, 0.25) is 5.91 Å². The lowest BCUT2D eigenvalue weighted by molar-refractivity contribution is -0.311. The zero-order valence-corrected chi connectivity index (χ0v) is 9.87. The molecule has 0 aliphatic carbocycles.